The van der Waals surface area contributed by atoms with Gasteiger partial charge in [0.2, 0.25) is 5.91 Å². The maximum atomic E-state index is 13.1. The number of nitrogens with one attached hydrogen (secondary N) is 2. The van der Waals surface area contributed by atoms with Crippen LogP contribution >= 0.6 is 0 Å². The highest BCUT2D eigenvalue weighted by Gasteiger charge is 2.22. The molecule has 2 aromatic carbocycles. The minimum Gasteiger partial charge on any atom is -0.451 e. The molecule has 0 aliphatic carbocycles. The van der Waals surface area contributed by atoms with Crippen molar-refractivity contribution in [3.8, 4) is 0 Å². The van der Waals surface area contributed by atoms with Crippen LogP contribution in [0.25, 0.3) is 6.08 Å². The molecule has 0 unspecified atom stereocenters. The Bertz CT molecular complexity index is 868. The summed E-state index contributed by atoms with van der Waals surface area (Å²) >= 11 is 0. The number of carbonyl (C=O) groups excluding carboxylic acids is 3. The quantitative estimate of drug-likeness (QED) is 0.568. The second-order valence-electron chi connectivity index (χ2n) is 6.05. The Morgan fingerprint density at radius 1 is 1.04 bits per heavy atom. The lowest BCUT2D eigenvalue weighted by Gasteiger charge is -2.17. The first kappa shape index (κ1) is 20.8. The number of esters is 1. The normalized spacial score (nSPS) is 12.8. The predicted octanol–water partition coefficient (Wildman–Crippen LogP) is 2.91. The van der Waals surface area contributed by atoms with Gasteiger partial charge in [0.25, 0.3) is 5.91 Å². The maximum Gasteiger partial charge on any atom is 0.329 e. The smallest absolute Gasteiger partial charge is 0.329 e. The molecule has 2 rings (SSSR count). The maximum absolute atomic E-state index is 13.1. The van der Waals surface area contributed by atoms with Crippen LogP contribution in [-0.4, -0.2) is 29.9 Å². The monoisotopic (exact) mass is 384 g/mol. The second kappa shape index (κ2) is 10.0. The summed E-state index contributed by atoms with van der Waals surface area (Å²) in [6, 6.07) is 13.6. The fourth-order valence-corrected chi connectivity index (χ4v) is 2.20. The number of rotatable bonds is 7. The Kier molecular flexibility index (Phi) is 7.45. The standard InChI is InChI=1S/C21H21FN2O4/c1-14(23-19(25)12-11-16-7-4-3-5-8-16)21(27)28-15(2)20(26)24-18-10-6-9-17(22)13-18/h3-15H,1-2H3,(H,23,25)(H,24,26)/b12-11+/t14-,15-/m0/s1. The molecule has 0 saturated carbocycles. The lowest BCUT2D eigenvalue weighted by Crippen LogP contribution is -2.41. The van der Waals surface area contributed by atoms with Crippen LogP contribution in [0.15, 0.2) is 60.7 Å². The lowest BCUT2D eigenvalue weighted by molar-refractivity contribution is -0.155. The first-order chi connectivity index (χ1) is 13.3. The van der Waals surface area contributed by atoms with Gasteiger partial charge in [0.15, 0.2) is 6.10 Å². The number of hydrogen-bond acceptors (Lipinski definition) is 4. The van der Waals surface area contributed by atoms with Gasteiger partial charge in [0.05, 0.1) is 0 Å². The highest BCUT2D eigenvalue weighted by atomic mass is 19.1. The Labute approximate surface area is 162 Å². The van der Waals surface area contributed by atoms with Crippen molar-refractivity contribution in [3.05, 3.63) is 72.1 Å². The number of carbonyl (C=O) groups is 3. The summed E-state index contributed by atoms with van der Waals surface area (Å²) in [7, 11) is 0. The van der Waals surface area contributed by atoms with E-state index in [1.807, 2.05) is 30.3 Å². The van der Waals surface area contributed by atoms with Crippen molar-refractivity contribution < 1.29 is 23.5 Å². The van der Waals surface area contributed by atoms with Crippen molar-refractivity contribution in [2.45, 2.75) is 26.0 Å². The van der Waals surface area contributed by atoms with Gasteiger partial charge in [-0.2, -0.15) is 0 Å². The molecule has 0 aliphatic rings. The molecule has 0 radical (unpaired) electrons. The van der Waals surface area contributed by atoms with Gasteiger partial charge in [-0.1, -0.05) is 36.4 Å². The number of anilines is 1. The van der Waals surface area contributed by atoms with Crippen molar-refractivity contribution >= 4 is 29.5 Å². The third kappa shape index (κ3) is 6.68. The zero-order chi connectivity index (χ0) is 20.5. The fourth-order valence-electron chi connectivity index (χ4n) is 2.20. The molecule has 2 N–H and O–H groups in total. The third-order valence-corrected chi connectivity index (χ3v) is 3.69. The molecule has 2 atom stereocenters. The van der Waals surface area contributed by atoms with E-state index in [9.17, 15) is 18.8 Å². The molecule has 0 spiro atoms. The number of benzene rings is 2. The number of halogens is 1. The van der Waals surface area contributed by atoms with E-state index in [0.29, 0.717) is 0 Å². The van der Waals surface area contributed by atoms with Crippen LogP contribution in [0.5, 0.6) is 0 Å². The van der Waals surface area contributed by atoms with E-state index < -0.39 is 35.7 Å². The molecule has 146 valence electrons. The van der Waals surface area contributed by atoms with Crippen LogP contribution in [0, 0.1) is 5.82 Å². The molecule has 6 nitrogen and oxygen atoms in total. The minimum absolute atomic E-state index is 0.250. The summed E-state index contributed by atoms with van der Waals surface area (Å²) in [6.07, 6.45) is 1.80. The van der Waals surface area contributed by atoms with E-state index in [4.69, 9.17) is 4.74 Å². The van der Waals surface area contributed by atoms with E-state index >= 15 is 0 Å². The number of ether oxygens (including phenoxy) is 1. The Balaban J connectivity index is 1.82. The topological polar surface area (TPSA) is 84.5 Å². The molecular weight excluding hydrogens is 363 g/mol. The van der Waals surface area contributed by atoms with E-state index in [0.717, 1.165) is 11.6 Å². The fraction of sp³-hybridized carbons (Fsp3) is 0.190. The summed E-state index contributed by atoms with van der Waals surface area (Å²) < 4.78 is 18.2. The van der Waals surface area contributed by atoms with Gasteiger partial charge in [-0.3, -0.25) is 9.59 Å². The molecule has 0 bridgehead atoms. The van der Waals surface area contributed by atoms with Gasteiger partial charge in [-0.05, 0) is 43.7 Å². The Morgan fingerprint density at radius 2 is 1.75 bits per heavy atom. The van der Waals surface area contributed by atoms with Crippen molar-refractivity contribution in [1.29, 1.82) is 0 Å². The summed E-state index contributed by atoms with van der Waals surface area (Å²) in [4.78, 5) is 36.0. The van der Waals surface area contributed by atoms with Crippen molar-refractivity contribution in [2.75, 3.05) is 5.32 Å². The van der Waals surface area contributed by atoms with Gasteiger partial charge >= 0.3 is 5.97 Å². The molecule has 0 aliphatic heterocycles. The molecular formula is C21H21FN2O4. The Morgan fingerprint density at radius 3 is 2.43 bits per heavy atom. The van der Waals surface area contributed by atoms with Gasteiger partial charge in [-0.25, -0.2) is 9.18 Å². The molecule has 2 aromatic rings. The first-order valence-corrected chi connectivity index (χ1v) is 8.65. The van der Waals surface area contributed by atoms with Gasteiger partial charge in [0, 0.05) is 11.8 Å². The van der Waals surface area contributed by atoms with Crippen LogP contribution < -0.4 is 10.6 Å². The highest BCUT2D eigenvalue weighted by Crippen LogP contribution is 2.10. The van der Waals surface area contributed by atoms with Crippen molar-refractivity contribution in [2.24, 2.45) is 0 Å². The van der Waals surface area contributed by atoms with Gasteiger partial charge in [-0.15, -0.1) is 0 Å². The summed E-state index contributed by atoms with van der Waals surface area (Å²) in [5.41, 5.74) is 1.09. The average molecular weight is 384 g/mol. The summed E-state index contributed by atoms with van der Waals surface area (Å²) in [5, 5.41) is 4.92. The van der Waals surface area contributed by atoms with E-state index in [-0.39, 0.29) is 5.69 Å². The zero-order valence-corrected chi connectivity index (χ0v) is 15.5. The zero-order valence-electron chi connectivity index (χ0n) is 15.5. The SMILES string of the molecule is C[C@H](NC(=O)/C=C/c1ccccc1)C(=O)O[C@@H](C)C(=O)Nc1cccc(F)c1. The molecule has 0 fully saturated rings. The lowest BCUT2D eigenvalue weighted by atomic mass is 10.2. The van der Waals surface area contributed by atoms with Gasteiger partial charge < -0.3 is 15.4 Å². The molecule has 2 amide bonds. The minimum atomic E-state index is -1.12. The summed E-state index contributed by atoms with van der Waals surface area (Å²) in [6.45, 7) is 2.84. The molecule has 0 aromatic heterocycles. The van der Waals surface area contributed by atoms with Crippen LogP contribution in [0.2, 0.25) is 0 Å². The number of amides is 2. The summed E-state index contributed by atoms with van der Waals surface area (Å²) in [5.74, 6) is -2.34. The molecule has 7 heteroatoms. The van der Waals surface area contributed by atoms with E-state index in [1.165, 1.54) is 38.1 Å². The van der Waals surface area contributed by atoms with Crippen LogP contribution in [-0.2, 0) is 19.1 Å². The average Bonchev–Trinajstić information content (AvgIpc) is 2.67. The second-order valence-corrected chi connectivity index (χ2v) is 6.05. The van der Waals surface area contributed by atoms with Crippen LogP contribution in [0.4, 0.5) is 10.1 Å². The van der Waals surface area contributed by atoms with Crippen molar-refractivity contribution in [1.82, 2.24) is 5.32 Å². The third-order valence-electron chi connectivity index (χ3n) is 3.69. The van der Waals surface area contributed by atoms with E-state index in [2.05, 4.69) is 10.6 Å². The number of hydrogen-bond donors (Lipinski definition) is 2. The van der Waals surface area contributed by atoms with E-state index in [1.54, 1.807) is 6.08 Å². The van der Waals surface area contributed by atoms with Crippen LogP contribution in [0.1, 0.15) is 19.4 Å². The predicted molar refractivity (Wildman–Crippen MR) is 104 cm³/mol. The molecule has 28 heavy (non-hydrogen) atoms. The molecule has 0 saturated heterocycles. The molecule has 0 heterocycles. The largest absolute Gasteiger partial charge is 0.451 e. The first-order valence-electron chi connectivity index (χ1n) is 8.65. The van der Waals surface area contributed by atoms with Gasteiger partial charge in [0.1, 0.15) is 11.9 Å². The Hall–Kier alpha value is -3.48. The highest BCUT2D eigenvalue weighted by molar-refractivity contribution is 5.97. The van der Waals surface area contributed by atoms with Crippen molar-refractivity contribution in [3.63, 3.8) is 0 Å². The van der Waals surface area contributed by atoms with Crippen LogP contribution in [0.3, 0.4) is 0 Å².